The third-order valence-electron chi connectivity index (χ3n) is 10.2. The van der Waals surface area contributed by atoms with Crippen LogP contribution in [0.5, 0.6) is 5.75 Å². The number of aliphatic hydroxyl groups is 4. The van der Waals surface area contributed by atoms with Crippen molar-refractivity contribution in [2.75, 3.05) is 0 Å². The quantitative estimate of drug-likeness (QED) is 0.274. The number of allylic oxidation sites excluding steroid dienone is 5. The highest BCUT2D eigenvalue weighted by Crippen LogP contribution is 2.68. The standard InChI is InChI=1S/C32H36O8/c1-14(2)23-25(35)21(16(4)33)27(37)32(40)28(38)24-26(36)22-19(34)13-12-18(17-10-8-7-9-11-17)20(22)15(3)30(24,5)29(39)31(23,32)6/h7-8,11-15,23,29,34,36-37,39-40H,9-10H2,1-6H3/t15-,23?,29-,30+,31+,32+/m1/s1. The maximum absolute atomic E-state index is 14.5. The number of phenols is 1. The summed E-state index contributed by atoms with van der Waals surface area (Å²) >= 11 is 0. The highest BCUT2D eigenvalue weighted by atomic mass is 16.4. The molecule has 5 N–H and O–H groups in total. The lowest BCUT2D eigenvalue weighted by Gasteiger charge is -2.63. The van der Waals surface area contributed by atoms with Gasteiger partial charge in [0.25, 0.3) is 0 Å². The summed E-state index contributed by atoms with van der Waals surface area (Å²) in [4.78, 5) is 40.7. The van der Waals surface area contributed by atoms with E-state index in [0.29, 0.717) is 18.4 Å². The molecule has 1 fully saturated rings. The van der Waals surface area contributed by atoms with Crippen molar-refractivity contribution >= 4 is 28.7 Å². The summed E-state index contributed by atoms with van der Waals surface area (Å²) in [5.74, 6) is -7.14. The summed E-state index contributed by atoms with van der Waals surface area (Å²) < 4.78 is 0. The van der Waals surface area contributed by atoms with Crippen molar-refractivity contribution in [2.24, 2.45) is 22.7 Å². The molecule has 4 aliphatic carbocycles. The van der Waals surface area contributed by atoms with Crippen molar-refractivity contribution in [3.63, 3.8) is 0 Å². The normalized spacial score (nSPS) is 35.4. The third kappa shape index (κ3) is 3.06. The molecule has 1 saturated carbocycles. The molecule has 5 rings (SSSR count). The van der Waals surface area contributed by atoms with Crippen molar-refractivity contribution < 1.29 is 39.9 Å². The van der Waals surface area contributed by atoms with Crippen LogP contribution in [0.1, 0.15) is 77.0 Å². The van der Waals surface area contributed by atoms with Crippen LogP contribution < -0.4 is 0 Å². The van der Waals surface area contributed by atoms with E-state index in [-0.39, 0.29) is 16.9 Å². The minimum Gasteiger partial charge on any atom is -0.508 e. The Morgan fingerprint density at radius 3 is 2.27 bits per heavy atom. The third-order valence-corrected chi connectivity index (χ3v) is 10.2. The average molecular weight is 549 g/mol. The molecule has 0 aliphatic heterocycles. The topological polar surface area (TPSA) is 152 Å². The first-order valence-electron chi connectivity index (χ1n) is 13.7. The molecule has 0 bridgehead atoms. The largest absolute Gasteiger partial charge is 0.508 e. The number of carbonyl (C=O) groups is 3. The number of hydrogen-bond donors (Lipinski definition) is 5. The van der Waals surface area contributed by atoms with Crippen LogP contribution in [0.3, 0.4) is 0 Å². The zero-order valence-electron chi connectivity index (χ0n) is 23.6. The van der Waals surface area contributed by atoms with Crippen LogP contribution in [-0.4, -0.2) is 54.6 Å². The Hall–Kier alpha value is -3.49. The zero-order valence-corrected chi connectivity index (χ0v) is 23.6. The molecular weight excluding hydrogens is 512 g/mol. The number of carbonyl (C=O) groups excluding carboxylic acids is 3. The first-order chi connectivity index (χ1) is 18.6. The fourth-order valence-corrected chi connectivity index (χ4v) is 8.09. The van der Waals surface area contributed by atoms with Crippen LogP contribution in [0, 0.1) is 22.7 Å². The van der Waals surface area contributed by atoms with Gasteiger partial charge in [-0.2, -0.15) is 0 Å². The summed E-state index contributed by atoms with van der Waals surface area (Å²) in [6, 6.07) is 3.18. The molecular formula is C32H36O8. The SMILES string of the molecule is CC(=O)C1=C(O)[C@]2(O)C(=O)C3=C(O)c4c(O)ccc(C5=CCC=CC5)c4[C@@H](C)[C@]3(C)[C@@H](O)[C@]2(C)C(C(C)C)C1=O. The fourth-order valence-electron chi connectivity index (χ4n) is 8.09. The lowest BCUT2D eigenvalue weighted by Crippen LogP contribution is -2.75. The van der Waals surface area contributed by atoms with E-state index in [1.54, 1.807) is 33.8 Å². The molecule has 0 radical (unpaired) electrons. The molecule has 0 heterocycles. The number of aromatic hydroxyl groups is 1. The number of ketones is 3. The first-order valence-corrected chi connectivity index (χ1v) is 13.7. The lowest BCUT2D eigenvalue weighted by atomic mass is 9.40. The van der Waals surface area contributed by atoms with E-state index in [0.717, 1.165) is 18.1 Å². The molecule has 212 valence electrons. The molecule has 0 spiro atoms. The minimum absolute atomic E-state index is 0.0169. The predicted molar refractivity (Wildman–Crippen MR) is 148 cm³/mol. The van der Waals surface area contributed by atoms with Gasteiger partial charge in [0.15, 0.2) is 17.2 Å². The van der Waals surface area contributed by atoms with Gasteiger partial charge in [-0.3, -0.25) is 14.4 Å². The van der Waals surface area contributed by atoms with Gasteiger partial charge in [0.2, 0.25) is 5.78 Å². The second-order valence-corrected chi connectivity index (χ2v) is 12.4. The van der Waals surface area contributed by atoms with Crippen molar-refractivity contribution in [1.29, 1.82) is 0 Å². The van der Waals surface area contributed by atoms with E-state index in [9.17, 15) is 39.9 Å². The van der Waals surface area contributed by atoms with Crippen molar-refractivity contribution in [2.45, 2.75) is 72.0 Å². The summed E-state index contributed by atoms with van der Waals surface area (Å²) in [5, 5.41) is 58.5. The van der Waals surface area contributed by atoms with Gasteiger partial charge in [0, 0.05) is 16.7 Å². The van der Waals surface area contributed by atoms with Gasteiger partial charge >= 0.3 is 0 Å². The van der Waals surface area contributed by atoms with Gasteiger partial charge in [-0.1, -0.05) is 58.9 Å². The molecule has 1 unspecified atom stereocenters. The van der Waals surface area contributed by atoms with E-state index < -0.39 is 74.7 Å². The Kier molecular flexibility index (Phi) is 6.14. The molecule has 40 heavy (non-hydrogen) atoms. The van der Waals surface area contributed by atoms with Gasteiger partial charge in [0.1, 0.15) is 22.8 Å². The lowest BCUT2D eigenvalue weighted by molar-refractivity contribution is -0.215. The van der Waals surface area contributed by atoms with Crippen LogP contribution in [0.15, 0.2) is 47.3 Å². The van der Waals surface area contributed by atoms with Crippen molar-refractivity contribution in [3.8, 4) is 5.75 Å². The summed E-state index contributed by atoms with van der Waals surface area (Å²) in [6.45, 7) is 9.22. The van der Waals surface area contributed by atoms with Crippen molar-refractivity contribution in [3.05, 3.63) is 64.0 Å². The van der Waals surface area contributed by atoms with E-state index in [2.05, 4.69) is 0 Å². The molecule has 1 aromatic rings. The summed E-state index contributed by atoms with van der Waals surface area (Å²) in [5.41, 5.74) is -5.18. The second-order valence-electron chi connectivity index (χ2n) is 12.4. The monoisotopic (exact) mass is 548 g/mol. The Morgan fingerprint density at radius 1 is 1.07 bits per heavy atom. The van der Waals surface area contributed by atoms with Gasteiger partial charge in [-0.15, -0.1) is 0 Å². The Morgan fingerprint density at radius 2 is 1.73 bits per heavy atom. The Balaban J connectivity index is 1.90. The molecule has 6 atom stereocenters. The van der Waals surface area contributed by atoms with Crippen molar-refractivity contribution in [1.82, 2.24) is 0 Å². The number of aliphatic hydroxyl groups excluding tert-OH is 3. The van der Waals surface area contributed by atoms with E-state index in [1.807, 2.05) is 18.2 Å². The summed E-state index contributed by atoms with van der Waals surface area (Å²) in [7, 11) is 0. The number of fused-ring (bicyclic) bond motifs is 3. The smallest absolute Gasteiger partial charge is 0.203 e. The highest BCUT2D eigenvalue weighted by molar-refractivity contribution is 6.24. The van der Waals surface area contributed by atoms with Crippen LogP contribution in [0.2, 0.25) is 0 Å². The number of Topliss-reactive ketones (excluding diaryl/α,β-unsaturated/α-hetero) is 3. The molecule has 0 saturated heterocycles. The summed E-state index contributed by atoms with van der Waals surface area (Å²) in [6.07, 6.45) is 5.77. The van der Waals surface area contributed by atoms with Crippen LogP contribution in [-0.2, 0) is 14.4 Å². The van der Waals surface area contributed by atoms with Gasteiger partial charge < -0.3 is 25.5 Å². The number of benzene rings is 1. The maximum atomic E-state index is 14.5. The van der Waals surface area contributed by atoms with E-state index >= 15 is 0 Å². The number of hydrogen-bond acceptors (Lipinski definition) is 8. The van der Waals surface area contributed by atoms with E-state index in [4.69, 9.17) is 0 Å². The van der Waals surface area contributed by atoms with Crippen LogP contribution >= 0.6 is 0 Å². The molecule has 0 amide bonds. The predicted octanol–water partition coefficient (Wildman–Crippen LogP) is 4.46. The second kappa shape index (κ2) is 8.75. The van der Waals surface area contributed by atoms with Gasteiger partial charge in [-0.25, -0.2) is 0 Å². The highest BCUT2D eigenvalue weighted by Gasteiger charge is 2.77. The van der Waals surface area contributed by atoms with Crippen LogP contribution in [0.4, 0.5) is 0 Å². The number of rotatable bonds is 3. The fraction of sp³-hybridized carbons (Fsp3) is 0.469. The average Bonchev–Trinajstić information content (AvgIpc) is 2.89. The number of phenolic OH excluding ortho intramolecular Hbond substituents is 1. The van der Waals surface area contributed by atoms with Gasteiger partial charge in [-0.05, 0) is 54.4 Å². The van der Waals surface area contributed by atoms with E-state index in [1.165, 1.54) is 13.0 Å². The molecule has 1 aromatic carbocycles. The Bertz CT molecular complexity index is 1510. The zero-order chi connectivity index (χ0) is 29.7. The minimum atomic E-state index is -2.89. The molecule has 8 nitrogen and oxygen atoms in total. The first kappa shape index (κ1) is 28.1. The molecule has 4 aliphatic rings. The van der Waals surface area contributed by atoms with Gasteiger partial charge in [0.05, 0.1) is 17.2 Å². The molecule has 8 heteroatoms. The maximum Gasteiger partial charge on any atom is 0.203 e. The van der Waals surface area contributed by atoms with Crippen LogP contribution in [0.25, 0.3) is 11.3 Å². The Labute approximate surface area is 233 Å². The molecule has 0 aromatic heterocycles.